The van der Waals surface area contributed by atoms with Crippen molar-refractivity contribution >= 4 is 0 Å². The summed E-state index contributed by atoms with van der Waals surface area (Å²) in [7, 11) is 0. The molecule has 9 rings (SSSR count). The molecule has 17 heteroatoms. The molecular weight excluding hydrogens is 812 g/mol. The lowest BCUT2D eigenvalue weighted by molar-refractivity contribution is -0.388. The molecule has 0 bridgehead atoms. The molecule has 27 atom stereocenters. The molecular formula is C45H72O17. The zero-order valence-corrected chi connectivity index (χ0v) is 36.8. The van der Waals surface area contributed by atoms with E-state index >= 15 is 0 Å². The molecule has 4 aliphatic carbocycles. The van der Waals surface area contributed by atoms with Gasteiger partial charge in [0.2, 0.25) is 0 Å². The van der Waals surface area contributed by atoms with Gasteiger partial charge in [0.15, 0.2) is 24.7 Å². The van der Waals surface area contributed by atoms with Crippen LogP contribution < -0.4 is 0 Å². The van der Waals surface area contributed by atoms with E-state index in [-0.39, 0.29) is 34.7 Å². The minimum atomic E-state index is -1.74. The predicted molar refractivity (Wildman–Crippen MR) is 214 cm³/mol. The highest BCUT2D eigenvalue weighted by atomic mass is 16.8. The first kappa shape index (κ1) is 46.2. The van der Waals surface area contributed by atoms with Gasteiger partial charge in [-0.1, -0.05) is 39.3 Å². The summed E-state index contributed by atoms with van der Waals surface area (Å²) in [6.45, 7) is 12.3. The second kappa shape index (κ2) is 17.0. The molecule has 0 aromatic carbocycles. The Kier molecular flexibility index (Phi) is 12.7. The topological polar surface area (TPSA) is 256 Å². The minimum absolute atomic E-state index is 0.0191. The van der Waals surface area contributed by atoms with Gasteiger partial charge in [-0.15, -0.1) is 0 Å². The van der Waals surface area contributed by atoms with Crippen LogP contribution in [0.15, 0.2) is 11.6 Å². The zero-order chi connectivity index (χ0) is 44.4. The van der Waals surface area contributed by atoms with Crippen molar-refractivity contribution < 1.29 is 83.9 Å². The molecule has 3 saturated carbocycles. The summed E-state index contributed by atoms with van der Waals surface area (Å²) in [6, 6.07) is 0. The molecule has 62 heavy (non-hydrogen) atoms. The molecule has 0 aromatic rings. The van der Waals surface area contributed by atoms with Gasteiger partial charge < -0.3 is 83.9 Å². The van der Waals surface area contributed by atoms with Crippen molar-refractivity contribution in [3.63, 3.8) is 0 Å². The Labute approximate surface area is 363 Å². The molecule has 17 nitrogen and oxygen atoms in total. The monoisotopic (exact) mass is 884 g/mol. The number of aliphatic hydroxyl groups excluding tert-OH is 9. The molecule has 9 N–H and O–H groups in total. The lowest BCUT2D eigenvalue weighted by Crippen LogP contribution is -2.66. The van der Waals surface area contributed by atoms with E-state index < -0.39 is 117 Å². The maximum atomic E-state index is 12.1. The molecule has 9 aliphatic rings. The maximum absolute atomic E-state index is 12.1. The van der Waals surface area contributed by atoms with Gasteiger partial charge in [-0.05, 0) is 99.2 Å². The normalized spacial score (nSPS) is 58.9. The van der Waals surface area contributed by atoms with Crippen LogP contribution in [0.25, 0.3) is 0 Å². The first-order valence-corrected chi connectivity index (χ1v) is 23.3. The van der Waals surface area contributed by atoms with E-state index in [4.69, 9.17) is 37.9 Å². The number of aliphatic hydroxyl groups is 9. The third-order valence-electron chi connectivity index (χ3n) is 17.7. The van der Waals surface area contributed by atoms with Crippen molar-refractivity contribution in [3.05, 3.63) is 11.6 Å². The first-order valence-electron chi connectivity index (χ1n) is 23.3. The van der Waals surface area contributed by atoms with Crippen LogP contribution in [0.1, 0.15) is 92.9 Å². The van der Waals surface area contributed by atoms with Gasteiger partial charge in [-0.25, -0.2) is 0 Å². The highest BCUT2D eigenvalue weighted by Crippen LogP contribution is 2.70. The summed E-state index contributed by atoms with van der Waals surface area (Å²) in [5, 5.41) is 98.0. The van der Waals surface area contributed by atoms with E-state index in [1.807, 2.05) is 6.08 Å². The third-order valence-corrected chi connectivity index (χ3v) is 17.7. The van der Waals surface area contributed by atoms with E-state index in [1.165, 1.54) is 13.8 Å². The number of rotatable bonds is 7. The van der Waals surface area contributed by atoms with E-state index in [2.05, 4.69) is 27.7 Å². The molecule has 5 heterocycles. The van der Waals surface area contributed by atoms with Crippen LogP contribution >= 0.6 is 0 Å². The molecule has 8 fully saturated rings. The summed E-state index contributed by atoms with van der Waals surface area (Å²) in [6.07, 6.45) is -14.1. The van der Waals surface area contributed by atoms with E-state index in [1.54, 1.807) is 0 Å². The van der Waals surface area contributed by atoms with Crippen LogP contribution in [0.2, 0.25) is 0 Å². The molecule has 0 radical (unpaired) electrons. The second-order valence-corrected chi connectivity index (χ2v) is 21.2. The fourth-order valence-corrected chi connectivity index (χ4v) is 14.0. The van der Waals surface area contributed by atoms with Gasteiger partial charge >= 0.3 is 0 Å². The van der Waals surface area contributed by atoms with Crippen molar-refractivity contribution in [2.24, 2.45) is 46.3 Å². The quantitative estimate of drug-likeness (QED) is 0.155. The summed E-state index contributed by atoms with van der Waals surface area (Å²) >= 11 is 0. The SMILES string of the molecule is C[C@@H]1CC[C@@]2(OC1)O[C@H]1C[C@H]3[C@@H]4[C@@H](O)C=C5C[C@@H](O[C@@H]6O[C@H](CO)[C@@H](O[C@@H]7O[C@@H](C)[C@H](O)[C@@H](O)[C@H]7O)[C@H](O)[C@H]6O[C@@H]6O[C@@H](C)[C@H](O)[C@@H](O)[C@H]6O)CC[C@]5(C)[C@H]4CC[C@]3(C)[C@H]1[C@@H]2C. The number of hydrogen-bond donors (Lipinski definition) is 9. The van der Waals surface area contributed by atoms with Gasteiger partial charge in [0.1, 0.15) is 61.0 Å². The van der Waals surface area contributed by atoms with Crippen molar-refractivity contribution in [1.29, 1.82) is 0 Å². The van der Waals surface area contributed by atoms with Crippen LogP contribution in [-0.4, -0.2) is 175 Å². The average Bonchev–Trinajstić information content (AvgIpc) is 3.69. The number of fused-ring (bicyclic) bond motifs is 7. The van der Waals surface area contributed by atoms with Crippen molar-refractivity contribution in [2.75, 3.05) is 13.2 Å². The van der Waals surface area contributed by atoms with Gasteiger partial charge in [0.25, 0.3) is 0 Å². The Hall–Kier alpha value is -0.940. The summed E-state index contributed by atoms with van der Waals surface area (Å²) in [4.78, 5) is 0. The Bertz CT molecular complexity index is 1630. The van der Waals surface area contributed by atoms with Crippen LogP contribution in [0.4, 0.5) is 0 Å². The van der Waals surface area contributed by atoms with Crippen molar-refractivity contribution in [2.45, 2.75) is 209 Å². The lowest BCUT2D eigenvalue weighted by atomic mass is 9.46. The number of hydrogen-bond acceptors (Lipinski definition) is 17. The largest absolute Gasteiger partial charge is 0.394 e. The standard InChI is InChI=1S/C45H72O17/c1-18-7-12-45(55-17-18)19(2)30-27(62-45)15-25-29-24(9-11-44(25,30)6)43(5)10-8-23(13-22(43)14-26(29)47)58-42-39(61-41-36(53)34(51)32(49)21(4)57-41)37(54)38(28(16-46)59-42)60-40-35(52)33(50)31(48)20(3)56-40/h14,18-21,23-42,46-54H,7-13,15-17H2,1-6H3/t18-,19+,20+,21+,23+,24+,25+,26+,27+,28-,29-,30+,31+,32+,33-,34-,35-,36-,37+,38-,39-,40+,41+,42-,43+,44+,45-/m1/s1. The smallest absolute Gasteiger partial charge is 0.187 e. The van der Waals surface area contributed by atoms with Crippen LogP contribution in [0.3, 0.4) is 0 Å². The van der Waals surface area contributed by atoms with Gasteiger partial charge in [-0.2, -0.15) is 0 Å². The van der Waals surface area contributed by atoms with Gasteiger partial charge in [-0.3, -0.25) is 0 Å². The van der Waals surface area contributed by atoms with Gasteiger partial charge in [0, 0.05) is 12.3 Å². The fraction of sp³-hybridized carbons (Fsp3) is 0.956. The van der Waals surface area contributed by atoms with E-state index in [0.717, 1.165) is 50.7 Å². The summed E-state index contributed by atoms with van der Waals surface area (Å²) < 4.78 is 49.9. The molecule has 0 aromatic heterocycles. The molecule has 1 spiro atoms. The Balaban J connectivity index is 0.931. The van der Waals surface area contributed by atoms with E-state index in [0.29, 0.717) is 30.6 Å². The molecule has 354 valence electrons. The highest BCUT2D eigenvalue weighted by Gasteiger charge is 2.70. The van der Waals surface area contributed by atoms with Crippen molar-refractivity contribution in [3.8, 4) is 0 Å². The van der Waals surface area contributed by atoms with Crippen LogP contribution in [0.5, 0.6) is 0 Å². The van der Waals surface area contributed by atoms with Crippen LogP contribution in [0, 0.1) is 46.3 Å². The summed E-state index contributed by atoms with van der Waals surface area (Å²) in [5.41, 5.74) is 0.921. The van der Waals surface area contributed by atoms with Gasteiger partial charge in [0.05, 0.1) is 43.7 Å². The summed E-state index contributed by atoms with van der Waals surface area (Å²) in [5.74, 6) is 1.30. The second-order valence-electron chi connectivity index (χ2n) is 21.2. The zero-order valence-electron chi connectivity index (χ0n) is 36.8. The number of ether oxygens (including phenoxy) is 8. The molecule has 5 saturated heterocycles. The first-order chi connectivity index (χ1) is 29.3. The van der Waals surface area contributed by atoms with E-state index in [9.17, 15) is 46.0 Å². The molecule has 0 unspecified atom stereocenters. The lowest BCUT2D eigenvalue weighted by Gasteiger charge is -2.59. The minimum Gasteiger partial charge on any atom is -0.394 e. The Morgan fingerprint density at radius 3 is 1.94 bits per heavy atom. The van der Waals surface area contributed by atoms with Crippen LogP contribution in [-0.2, 0) is 37.9 Å². The Morgan fingerprint density at radius 1 is 0.677 bits per heavy atom. The average molecular weight is 885 g/mol. The van der Waals surface area contributed by atoms with Crippen molar-refractivity contribution in [1.82, 2.24) is 0 Å². The Morgan fingerprint density at radius 2 is 1.32 bits per heavy atom. The maximum Gasteiger partial charge on any atom is 0.187 e. The highest BCUT2D eigenvalue weighted by molar-refractivity contribution is 5.29. The fourth-order valence-electron chi connectivity index (χ4n) is 14.0. The molecule has 0 amide bonds. The predicted octanol–water partition coefficient (Wildman–Crippen LogP) is 0.213. The molecule has 5 aliphatic heterocycles. The third kappa shape index (κ3) is 7.40.